The zero-order valence-electron chi connectivity index (χ0n) is 15.7. The minimum Gasteiger partial charge on any atom is -0.395 e. The number of rotatable bonds is 3. The van der Waals surface area contributed by atoms with E-state index in [0.29, 0.717) is 13.0 Å². The number of carbonyl (C=O) groups excluding carboxylic acids is 1. The Bertz CT molecular complexity index is 682. The number of hydrogen-bond donors (Lipinski definition) is 1. The van der Waals surface area contributed by atoms with E-state index in [2.05, 4.69) is 26.8 Å². The molecule has 2 saturated heterocycles. The summed E-state index contributed by atoms with van der Waals surface area (Å²) in [4.78, 5) is 28.2. The minimum absolute atomic E-state index is 0.00540. The van der Waals surface area contributed by atoms with Gasteiger partial charge in [0.2, 0.25) is 5.91 Å². The second-order valence-electron chi connectivity index (χ2n) is 7.90. The van der Waals surface area contributed by atoms with Crippen LogP contribution in [-0.2, 0) is 17.6 Å². The lowest BCUT2D eigenvalue weighted by Crippen LogP contribution is -2.61. The predicted octanol–water partition coefficient (Wildman–Crippen LogP) is 0.461. The second-order valence-corrected chi connectivity index (χ2v) is 7.90. The number of aryl methyl sites for hydroxylation is 1. The van der Waals surface area contributed by atoms with Gasteiger partial charge in [-0.1, -0.05) is 0 Å². The zero-order chi connectivity index (χ0) is 18.1. The van der Waals surface area contributed by atoms with E-state index in [0.717, 1.165) is 57.7 Å². The molecule has 0 saturated carbocycles. The maximum absolute atomic E-state index is 12.4. The first-order valence-corrected chi connectivity index (χ1v) is 9.80. The van der Waals surface area contributed by atoms with E-state index in [-0.39, 0.29) is 18.1 Å². The van der Waals surface area contributed by atoms with Crippen molar-refractivity contribution < 1.29 is 9.90 Å². The van der Waals surface area contributed by atoms with Crippen LogP contribution in [0.1, 0.15) is 36.9 Å². The van der Waals surface area contributed by atoms with Crippen LogP contribution in [0.25, 0.3) is 0 Å². The molecule has 1 N–H and O–H groups in total. The fourth-order valence-corrected chi connectivity index (χ4v) is 4.85. The largest absolute Gasteiger partial charge is 0.395 e. The molecule has 1 unspecified atom stereocenters. The maximum Gasteiger partial charge on any atom is 0.222 e. The summed E-state index contributed by atoms with van der Waals surface area (Å²) in [5.74, 6) is 1.28. The molecular weight excluding hydrogens is 330 g/mol. The average molecular weight is 359 g/mol. The van der Waals surface area contributed by atoms with Crippen LogP contribution in [0.15, 0.2) is 6.33 Å². The van der Waals surface area contributed by atoms with Crippen molar-refractivity contribution in [2.24, 2.45) is 0 Å². The number of hydrogen-bond acceptors (Lipinski definition) is 6. The number of piperazine rings is 1. The molecule has 142 valence electrons. The molecule has 1 aromatic heterocycles. The van der Waals surface area contributed by atoms with Crippen molar-refractivity contribution in [2.75, 3.05) is 51.3 Å². The Morgan fingerprint density at radius 2 is 2.04 bits per heavy atom. The van der Waals surface area contributed by atoms with E-state index in [9.17, 15) is 9.90 Å². The summed E-state index contributed by atoms with van der Waals surface area (Å²) in [5, 5.41) is 9.24. The van der Waals surface area contributed by atoms with Crippen LogP contribution in [0.5, 0.6) is 0 Å². The molecule has 1 atom stereocenters. The van der Waals surface area contributed by atoms with Gasteiger partial charge in [-0.15, -0.1) is 0 Å². The molecule has 4 rings (SSSR count). The van der Waals surface area contributed by atoms with E-state index in [1.165, 1.54) is 17.7 Å². The Morgan fingerprint density at radius 1 is 1.15 bits per heavy atom. The fourth-order valence-electron chi connectivity index (χ4n) is 4.85. The highest BCUT2D eigenvalue weighted by molar-refractivity contribution is 5.76. The number of aromatic nitrogens is 2. The minimum atomic E-state index is -0.00540. The smallest absolute Gasteiger partial charge is 0.222 e. The molecule has 0 aromatic carbocycles. The van der Waals surface area contributed by atoms with Gasteiger partial charge in [0.05, 0.1) is 6.61 Å². The third-order valence-electron chi connectivity index (χ3n) is 6.53. The van der Waals surface area contributed by atoms with Gasteiger partial charge in [0.25, 0.3) is 0 Å². The van der Waals surface area contributed by atoms with Crippen LogP contribution in [-0.4, -0.2) is 82.7 Å². The van der Waals surface area contributed by atoms with Crippen molar-refractivity contribution in [1.82, 2.24) is 19.8 Å². The van der Waals surface area contributed by atoms with Gasteiger partial charge in [-0.25, -0.2) is 9.97 Å². The van der Waals surface area contributed by atoms with Crippen molar-refractivity contribution >= 4 is 11.7 Å². The summed E-state index contributed by atoms with van der Waals surface area (Å²) < 4.78 is 0. The highest BCUT2D eigenvalue weighted by Crippen LogP contribution is 2.36. The molecular formula is C19H29N5O2. The quantitative estimate of drug-likeness (QED) is 0.845. The van der Waals surface area contributed by atoms with Gasteiger partial charge >= 0.3 is 0 Å². The van der Waals surface area contributed by atoms with Crippen LogP contribution in [0.2, 0.25) is 0 Å². The van der Waals surface area contributed by atoms with Crippen LogP contribution in [0, 0.1) is 0 Å². The molecule has 3 aliphatic rings. The second kappa shape index (κ2) is 7.12. The van der Waals surface area contributed by atoms with Gasteiger partial charge in [0.1, 0.15) is 12.1 Å². The van der Waals surface area contributed by atoms with E-state index in [4.69, 9.17) is 0 Å². The molecule has 7 heteroatoms. The summed E-state index contributed by atoms with van der Waals surface area (Å²) in [7, 11) is 2.19. The number of aliphatic hydroxyl groups is 1. The van der Waals surface area contributed by atoms with Gasteiger partial charge in [-0.2, -0.15) is 0 Å². The highest BCUT2D eigenvalue weighted by Gasteiger charge is 2.43. The Hall–Kier alpha value is -1.73. The molecule has 2 fully saturated rings. The number of aliphatic hydroxyl groups excluding tert-OH is 1. The molecule has 7 nitrogen and oxygen atoms in total. The van der Waals surface area contributed by atoms with Crippen LogP contribution < -0.4 is 4.90 Å². The third-order valence-corrected chi connectivity index (χ3v) is 6.53. The van der Waals surface area contributed by atoms with Gasteiger partial charge in [-0.05, 0) is 39.2 Å². The zero-order valence-corrected chi connectivity index (χ0v) is 15.7. The lowest BCUT2D eigenvalue weighted by atomic mass is 9.86. The number of anilines is 1. The molecule has 26 heavy (non-hydrogen) atoms. The summed E-state index contributed by atoms with van der Waals surface area (Å²) >= 11 is 0. The van der Waals surface area contributed by atoms with Crippen LogP contribution in [0.4, 0.5) is 5.82 Å². The number of carbonyl (C=O) groups is 1. The first-order chi connectivity index (χ1) is 12.6. The van der Waals surface area contributed by atoms with Crippen molar-refractivity contribution in [3.05, 3.63) is 17.6 Å². The van der Waals surface area contributed by atoms with Gasteiger partial charge in [0.15, 0.2) is 0 Å². The third kappa shape index (κ3) is 3.07. The molecule has 0 bridgehead atoms. The van der Waals surface area contributed by atoms with Crippen LogP contribution >= 0.6 is 0 Å². The molecule has 1 aromatic rings. The Morgan fingerprint density at radius 3 is 2.88 bits per heavy atom. The molecule has 3 heterocycles. The van der Waals surface area contributed by atoms with Crippen molar-refractivity contribution in [3.8, 4) is 0 Å². The summed E-state index contributed by atoms with van der Waals surface area (Å²) in [6.45, 7) is 4.06. The summed E-state index contributed by atoms with van der Waals surface area (Å²) in [6.07, 6.45) is 7.39. The SMILES string of the molecule is CN1CCN(c2ncnc3c2CCC3)CC12CCC(=O)N(CCO)CC2. The van der Waals surface area contributed by atoms with Crippen molar-refractivity contribution in [3.63, 3.8) is 0 Å². The van der Waals surface area contributed by atoms with Gasteiger partial charge < -0.3 is 14.9 Å². The number of likely N-dealkylation sites (tertiary alicyclic amines) is 1. The number of likely N-dealkylation sites (N-methyl/N-ethyl adjacent to an activating group) is 1. The molecule has 2 aliphatic heterocycles. The Labute approximate surface area is 155 Å². The monoisotopic (exact) mass is 359 g/mol. The molecule has 0 radical (unpaired) electrons. The van der Waals surface area contributed by atoms with E-state index < -0.39 is 0 Å². The maximum atomic E-state index is 12.4. The van der Waals surface area contributed by atoms with E-state index >= 15 is 0 Å². The highest BCUT2D eigenvalue weighted by atomic mass is 16.3. The number of amides is 1. The van der Waals surface area contributed by atoms with Crippen molar-refractivity contribution in [1.29, 1.82) is 0 Å². The summed E-state index contributed by atoms with van der Waals surface area (Å²) in [5.41, 5.74) is 2.54. The lowest BCUT2D eigenvalue weighted by Gasteiger charge is -2.50. The molecule has 1 amide bonds. The number of nitrogens with zero attached hydrogens (tertiary/aromatic N) is 5. The Balaban J connectivity index is 1.57. The van der Waals surface area contributed by atoms with E-state index in [1.54, 1.807) is 6.33 Å². The number of β-amino-alcohol motifs (C(OH)–C–C–N with tert-alkyl or cyclic N) is 1. The topological polar surface area (TPSA) is 72.8 Å². The Kier molecular flexibility index (Phi) is 4.84. The molecule has 1 spiro atoms. The first kappa shape index (κ1) is 17.7. The standard InChI is InChI=1S/C19H29N5O2/c1-22-9-10-24(18-15-3-2-4-16(15)20-14-21-18)13-19(22)6-5-17(26)23(8-7-19)11-12-25/h14,25H,2-13H2,1H3. The van der Waals surface area contributed by atoms with Gasteiger partial charge in [-0.3, -0.25) is 9.69 Å². The van der Waals surface area contributed by atoms with Crippen molar-refractivity contribution in [2.45, 2.75) is 44.1 Å². The van der Waals surface area contributed by atoms with Gasteiger partial charge in [0, 0.05) is 55.9 Å². The first-order valence-electron chi connectivity index (χ1n) is 9.80. The average Bonchev–Trinajstić information content (AvgIpc) is 3.08. The van der Waals surface area contributed by atoms with Crippen LogP contribution in [0.3, 0.4) is 0 Å². The molecule has 1 aliphatic carbocycles. The summed E-state index contributed by atoms with van der Waals surface area (Å²) in [6, 6.07) is 0. The predicted molar refractivity (Wildman–Crippen MR) is 99.1 cm³/mol. The van der Waals surface area contributed by atoms with E-state index in [1.807, 2.05) is 4.90 Å². The normalized spacial score (nSPS) is 27.1. The number of fused-ring (bicyclic) bond motifs is 1. The fraction of sp³-hybridized carbons (Fsp3) is 0.737. The lowest BCUT2D eigenvalue weighted by molar-refractivity contribution is -0.131.